The molecule has 0 aliphatic carbocycles. The number of amides is 2. The molecule has 5 nitrogen and oxygen atoms in total. The number of rotatable bonds is 4. The summed E-state index contributed by atoms with van der Waals surface area (Å²) in [6, 6.07) is 10.5. The van der Waals surface area contributed by atoms with Gasteiger partial charge in [0.25, 0.3) is 5.91 Å². The van der Waals surface area contributed by atoms with E-state index in [2.05, 4.69) is 0 Å². The SMILES string of the molecule is CCOC(=O)C1C(=O)N(Cc2cccc(C(F)(F)F)c2)C(=O)c2ccccc21. The molecule has 0 aromatic heterocycles. The summed E-state index contributed by atoms with van der Waals surface area (Å²) in [4.78, 5) is 38.8. The fraction of sp³-hybridized carbons (Fsp3) is 0.250. The van der Waals surface area contributed by atoms with Crippen molar-refractivity contribution in [2.45, 2.75) is 25.6 Å². The van der Waals surface area contributed by atoms with Crippen molar-refractivity contribution in [3.8, 4) is 0 Å². The average Bonchev–Trinajstić information content (AvgIpc) is 2.65. The van der Waals surface area contributed by atoms with E-state index in [0.717, 1.165) is 17.0 Å². The number of ether oxygens (including phenoxy) is 1. The molecule has 1 unspecified atom stereocenters. The molecule has 28 heavy (non-hydrogen) atoms. The van der Waals surface area contributed by atoms with Gasteiger partial charge in [-0.2, -0.15) is 13.2 Å². The molecule has 146 valence electrons. The summed E-state index contributed by atoms with van der Waals surface area (Å²) in [6.07, 6.45) is -4.55. The van der Waals surface area contributed by atoms with Gasteiger partial charge in [-0.05, 0) is 36.2 Å². The number of esters is 1. The number of carbonyl (C=O) groups is 3. The highest BCUT2D eigenvalue weighted by Crippen LogP contribution is 2.33. The first kappa shape index (κ1) is 19.6. The van der Waals surface area contributed by atoms with Crippen LogP contribution in [0.4, 0.5) is 13.2 Å². The molecule has 0 spiro atoms. The summed E-state index contributed by atoms with van der Waals surface area (Å²) < 4.78 is 43.8. The molecule has 1 aliphatic heterocycles. The maximum absolute atomic E-state index is 12.9. The molecule has 2 amide bonds. The van der Waals surface area contributed by atoms with Crippen LogP contribution < -0.4 is 0 Å². The number of hydrogen-bond acceptors (Lipinski definition) is 4. The minimum absolute atomic E-state index is 0.0480. The third-order valence-corrected chi connectivity index (χ3v) is 4.38. The molecule has 3 rings (SSSR count). The van der Waals surface area contributed by atoms with Crippen molar-refractivity contribution in [2.24, 2.45) is 0 Å². The Labute approximate surface area is 158 Å². The fourth-order valence-corrected chi connectivity index (χ4v) is 3.11. The molecular formula is C20H16F3NO4. The highest BCUT2D eigenvalue weighted by Gasteiger charge is 2.43. The van der Waals surface area contributed by atoms with Crippen molar-refractivity contribution in [3.63, 3.8) is 0 Å². The summed E-state index contributed by atoms with van der Waals surface area (Å²) in [5.74, 6) is -3.63. The molecule has 1 heterocycles. The Bertz CT molecular complexity index is 939. The number of fused-ring (bicyclic) bond motifs is 1. The summed E-state index contributed by atoms with van der Waals surface area (Å²) in [5, 5.41) is 0. The van der Waals surface area contributed by atoms with Crippen LogP contribution in [-0.2, 0) is 27.0 Å². The first-order valence-electron chi connectivity index (χ1n) is 8.51. The zero-order valence-electron chi connectivity index (χ0n) is 14.8. The van der Waals surface area contributed by atoms with E-state index >= 15 is 0 Å². The van der Waals surface area contributed by atoms with Gasteiger partial charge in [0.05, 0.1) is 18.7 Å². The van der Waals surface area contributed by atoms with Crippen molar-refractivity contribution in [2.75, 3.05) is 6.61 Å². The van der Waals surface area contributed by atoms with E-state index < -0.39 is 35.4 Å². The summed E-state index contributed by atoms with van der Waals surface area (Å²) in [7, 11) is 0. The number of imide groups is 1. The molecule has 0 fully saturated rings. The van der Waals surface area contributed by atoms with Gasteiger partial charge in [0, 0.05) is 5.56 Å². The van der Waals surface area contributed by atoms with E-state index in [1.807, 2.05) is 0 Å². The van der Waals surface area contributed by atoms with Crippen molar-refractivity contribution >= 4 is 17.8 Å². The second-order valence-electron chi connectivity index (χ2n) is 6.20. The second-order valence-corrected chi connectivity index (χ2v) is 6.20. The van der Waals surface area contributed by atoms with Crippen molar-refractivity contribution in [3.05, 3.63) is 70.8 Å². The van der Waals surface area contributed by atoms with Gasteiger partial charge in [0.1, 0.15) is 0 Å². The minimum Gasteiger partial charge on any atom is -0.465 e. The Balaban J connectivity index is 1.99. The predicted molar refractivity (Wildman–Crippen MR) is 92.1 cm³/mol. The topological polar surface area (TPSA) is 63.7 Å². The number of benzene rings is 2. The molecule has 0 N–H and O–H groups in total. The Morgan fingerprint density at radius 1 is 1.11 bits per heavy atom. The Morgan fingerprint density at radius 3 is 2.50 bits per heavy atom. The molecule has 0 saturated carbocycles. The first-order chi connectivity index (χ1) is 13.2. The molecule has 1 atom stereocenters. The second kappa shape index (κ2) is 7.46. The Kier molecular flexibility index (Phi) is 5.22. The van der Waals surface area contributed by atoms with Gasteiger partial charge in [-0.25, -0.2) is 0 Å². The fourth-order valence-electron chi connectivity index (χ4n) is 3.11. The number of nitrogens with zero attached hydrogens (tertiary/aromatic N) is 1. The van der Waals surface area contributed by atoms with Gasteiger partial charge in [-0.3, -0.25) is 19.3 Å². The van der Waals surface area contributed by atoms with Crippen LogP contribution in [0, 0.1) is 0 Å². The number of halogens is 3. The molecule has 8 heteroatoms. The monoisotopic (exact) mass is 391 g/mol. The van der Waals surface area contributed by atoms with Crippen molar-refractivity contribution in [1.29, 1.82) is 0 Å². The van der Waals surface area contributed by atoms with Gasteiger partial charge < -0.3 is 4.74 Å². The number of alkyl halides is 3. The lowest BCUT2D eigenvalue weighted by molar-refractivity contribution is -0.151. The van der Waals surface area contributed by atoms with Crippen molar-refractivity contribution in [1.82, 2.24) is 4.90 Å². The van der Waals surface area contributed by atoms with Gasteiger partial charge >= 0.3 is 12.1 Å². The van der Waals surface area contributed by atoms with Crippen LogP contribution in [0.1, 0.15) is 39.9 Å². The van der Waals surface area contributed by atoms with Gasteiger partial charge in [-0.15, -0.1) is 0 Å². The smallest absolute Gasteiger partial charge is 0.416 e. The first-order valence-corrected chi connectivity index (χ1v) is 8.51. The lowest BCUT2D eigenvalue weighted by Crippen LogP contribution is -2.46. The molecule has 0 saturated heterocycles. The zero-order chi connectivity index (χ0) is 20.5. The molecule has 1 aliphatic rings. The van der Waals surface area contributed by atoms with E-state index in [4.69, 9.17) is 4.74 Å². The average molecular weight is 391 g/mol. The Morgan fingerprint density at radius 2 is 1.82 bits per heavy atom. The third kappa shape index (κ3) is 3.62. The summed E-state index contributed by atoms with van der Waals surface area (Å²) >= 11 is 0. The van der Waals surface area contributed by atoms with Crippen LogP contribution in [0.5, 0.6) is 0 Å². The number of carbonyl (C=O) groups excluding carboxylic acids is 3. The molecule has 2 aromatic carbocycles. The van der Waals surface area contributed by atoms with E-state index in [9.17, 15) is 27.6 Å². The van der Waals surface area contributed by atoms with E-state index in [0.29, 0.717) is 0 Å². The molecular weight excluding hydrogens is 375 g/mol. The molecule has 0 bridgehead atoms. The van der Waals surface area contributed by atoms with E-state index in [-0.39, 0.29) is 29.8 Å². The van der Waals surface area contributed by atoms with Crippen molar-refractivity contribution < 1.29 is 32.3 Å². The molecule has 2 aromatic rings. The van der Waals surface area contributed by atoms with Crippen LogP contribution >= 0.6 is 0 Å². The summed E-state index contributed by atoms with van der Waals surface area (Å²) in [6.45, 7) is 1.25. The lowest BCUT2D eigenvalue weighted by Gasteiger charge is -2.31. The summed E-state index contributed by atoms with van der Waals surface area (Å²) in [5.41, 5.74) is -0.383. The molecule has 0 radical (unpaired) electrons. The minimum atomic E-state index is -4.55. The maximum Gasteiger partial charge on any atom is 0.416 e. The van der Waals surface area contributed by atoms with Gasteiger partial charge in [0.2, 0.25) is 5.91 Å². The predicted octanol–water partition coefficient (Wildman–Crippen LogP) is 3.53. The highest BCUT2D eigenvalue weighted by molar-refractivity contribution is 6.17. The van der Waals surface area contributed by atoms with E-state index in [1.54, 1.807) is 19.1 Å². The van der Waals surface area contributed by atoms with Crippen LogP contribution in [-0.4, -0.2) is 29.3 Å². The van der Waals surface area contributed by atoms with Crippen LogP contribution in [0.25, 0.3) is 0 Å². The lowest BCUT2D eigenvalue weighted by atomic mass is 9.88. The zero-order valence-corrected chi connectivity index (χ0v) is 14.8. The largest absolute Gasteiger partial charge is 0.465 e. The van der Waals surface area contributed by atoms with E-state index in [1.165, 1.54) is 24.3 Å². The third-order valence-electron chi connectivity index (χ3n) is 4.38. The van der Waals surface area contributed by atoms with Gasteiger partial charge in [-0.1, -0.05) is 30.3 Å². The Hall–Kier alpha value is -3.16. The van der Waals surface area contributed by atoms with Gasteiger partial charge in [0.15, 0.2) is 5.92 Å². The van der Waals surface area contributed by atoms with Crippen LogP contribution in [0.2, 0.25) is 0 Å². The number of hydrogen-bond donors (Lipinski definition) is 0. The maximum atomic E-state index is 12.9. The highest BCUT2D eigenvalue weighted by atomic mass is 19.4. The normalized spacial score (nSPS) is 16.7. The van der Waals surface area contributed by atoms with Crippen LogP contribution in [0.15, 0.2) is 48.5 Å². The van der Waals surface area contributed by atoms with Crippen LogP contribution in [0.3, 0.4) is 0 Å². The standard InChI is InChI=1S/C20H16F3NO4/c1-2-28-19(27)16-14-8-3-4-9-15(14)17(25)24(18(16)26)11-12-6-5-7-13(10-12)20(21,22)23/h3-10,16H,2,11H2,1H3. The quantitative estimate of drug-likeness (QED) is 0.454.